The fourth-order valence-corrected chi connectivity index (χ4v) is 2.59. The van der Waals surface area contributed by atoms with Gasteiger partial charge in [-0.3, -0.25) is 0 Å². The first kappa shape index (κ1) is 14.3. The van der Waals surface area contributed by atoms with E-state index in [9.17, 15) is 0 Å². The summed E-state index contributed by atoms with van der Waals surface area (Å²) in [5, 5.41) is 0. The van der Waals surface area contributed by atoms with E-state index in [4.69, 9.17) is 15.2 Å². The minimum atomic E-state index is 0.258. The fraction of sp³-hybridized carbons (Fsp3) is 0.600. The first-order chi connectivity index (χ1) is 9.20. The normalized spacial score (nSPS) is 23.6. The summed E-state index contributed by atoms with van der Waals surface area (Å²) >= 11 is 0. The highest BCUT2D eigenvalue weighted by Crippen LogP contribution is 2.20. The Morgan fingerprint density at radius 2 is 2.21 bits per heavy atom. The highest BCUT2D eigenvalue weighted by Gasteiger charge is 2.23. The van der Waals surface area contributed by atoms with Crippen LogP contribution in [0.1, 0.15) is 12.0 Å². The SMILES string of the molecule is COc1ccccc1CN(C)CC1COCCC1N. The molecule has 1 fully saturated rings. The molecule has 106 valence electrons. The summed E-state index contributed by atoms with van der Waals surface area (Å²) in [4.78, 5) is 2.29. The summed E-state index contributed by atoms with van der Waals surface area (Å²) in [5.41, 5.74) is 7.35. The van der Waals surface area contributed by atoms with Gasteiger partial charge in [-0.2, -0.15) is 0 Å². The Morgan fingerprint density at radius 3 is 2.95 bits per heavy atom. The molecule has 2 atom stereocenters. The summed E-state index contributed by atoms with van der Waals surface area (Å²) in [7, 11) is 3.83. The summed E-state index contributed by atoms with van der Waals surface area (Å²) in [6.45, 7) is 3.40. The van der Waals surface area contributed by atoms with Crippen molar-refractivity contribution in [2.75, 3.05) is 33.9 Å². The molecule has 1 aromatic carbocycles. The van der Waals surface area contributed by atoms with Crippen molar-refractivity contribution in [2.45, 2.75) is 19.0 Å². The first-order valence-corrected chi connectivity index (χ1v) is 6.84. The Balaban J connectivity index is 1.91. The maximum atomic E-state index is 6.15. The van der Waals surface area contributed by atoms with Crippen LogP contribution in [0, 0.1) is 5.92 Å². The molecule has 1 aliphatic rings. The predicted octanol–water partition coefficient (Wildman–Crippen LogP) is 1.49. The van der Waals surface area contributed by atoms with Crippen LogP contribution in [-0.4, -0.2) is 44.9 Å². The van der Waals surface area contributed by atoms with E-state index in [1.165, 1.54) is 5.56 Å². The lowest BCUT2D eigenvalue weighted by atomic mass is 9.96. The molecule has 0 amide bonds. The number of hydrogen-bond acceptors (Lipinski definition) is 4. The van der Waals surface area contributed by atoms with Gasteiger partial charge in [0.05, 0.1) is 13.7 Å². The van der Waals surface area contributed by atoms with Crippen LogP contribution in [0.3, 0.4) is 0 Å². The second kappa shape index (κ2) is 6.89. The number of ether oxygens (including phenoxy) is 2. The molecule has 1 heterocycles. The number of nitrogens with two attached hydrogens (primary N) is 1. The van der Waals surface area contributed by atoms with Crippen molar-refractivity contribution in [1.82, 2.24) is 4.90 Å². The van der Waals surface area contributed by atoms with Crippen molar-refractivity contribution in [3.8, 4) is 5.75 Å². The van der Waals surface area contributed by atoms with Gasteiger partial charge in [0.1, 0.15) is 5.75 Å². The Bertz CT molecular complexity index is 397. The molecule has 19 heavy (non-hydrogen) atoms. The molecule has 0 aromatic heterocycles. The smallest absolute Gasteiger partial charge is 0.123 e. The number of para-hydroxylation sites is 1. The third kappa shape index (κ3) is 3.93. The summed E-state index contributed by atoms with van der Waals surface area (Å²) < 4.78 is 10.9. The van der Waals surface area contributed by atoms with Gasteiger partial charge in [-0.05, 0) is 19.5 Å². The molecule has 2 unspecified atom stereocenters. The van der Waals surface area contributed by atoms with Gasteiger partial charge < -0.3 is 20.1 Å². The van der Waals surface area contributed by atoms with E-state index in [-0.39, 0.29) is 6.04 Å². The molecule has 0 spiro atoms. The van der Waals surface area contributed by atoms with E-state index in [1.807, 2.05) is 18.2 Å². The van der Waals surface area contributed by atoms with Gasteiger partial charge in [-0.1, -0.05) is 18.2 Å². The van der Waals surface area contributed by atoms with Crippen LogP contribution in [0.4, 0.5) is 0 Å². The molecule has 1 aromatic rings. The van der Waals surface area contributed by atoms with Gasteiger partial charge in [0.25, 0.3) is 0 Å². The average Bonchev–Trinajstić information content (AvgIpc) is 2.42. The summed E-state index contributed by atoms with van der Waals surface area (Å²) in [6.07, 6.45) is 0.965. The Kier molecular flexibility index (Phi) is 5.19. The molecule has 0 bridgehead atoms. The monoisotopic (exact) mass is 264 g/mol. The van der Waals surface area contributed by atoms with E-state index >= 15 is 0 Å². The van der Waals surface area contributed by atoms with Gasteiger partial charge in [0.2, 0.25) is 0 Å². The quantitative estimate of drug-likeness (QED) is 0.875. The third-order valence-corrected chi connectivity index (χ3v) is 3.71. The zero-order valence-corrected chi connectivity index (χ0v) is 11.8. The molecule has 1 aliphatic heterocycles. The lowest BCUT2D eigenvalue weighted by Crippen LogP contribution is -2.44. The number of nitrogens with zero attached hydrogens (tertiary/aromatic N) is 1. The van der Waals surface area contributed by atoms with Gasteiger partial charge in [-0.15, -0.1) is 0 Å². The zero-order chi connectivity index (χ0) is 13.7. The number of hydrogen-bond donors (Lipinski definition) is 1. The molecule has 1 saturated heterocycles. The van der Waals surface area contributed by atoms with Crippen LogP contribution in [0.25, 0.3) is 0 Å². The van der Waals surface area contributed by atoms with Gasteiger partial charge in [0.15, 0.2) is 0 Å². The van der Waals surface area contributed by atoms with E-state index < -0.39 is 0 Å². The topological polar surface area (TPSA) is 47.7 Å². The number of rotatable bonds is 5. The van der Waals surface area contributed by atoms with Crippen LogP contribution in [-0.2, 0) is 11.3 Å². The van der Waals surface area contributed by atoms with Crippen LogP contribution in [0.5, 0.6) is 5.75 Å². The Labute approximate surface area is 115 Å². The van der Waals surface area contributed by atoms with Gasteiger partial charge >= 0.3 is 0 Å². The highest BCUT2D eigenvalue weighted by molar-refractivity contribution is 5.32. The van der Waals surface area contributed by atoms with Crippen molar-refractivity contribution < 1.29 is 9.47 Å². The van der Waals surface area contributed by atoms with Crippen LogP contribution < -0.4 is 10.5 Å². The van der Waals surface area contributed by atoms with Crippen molar-refractivity contribution in [2.24, 2.45) is 11.7 Å². The Morgan fingerprint density at radius 1 is 1.42 bits per heavy atom. The van der Waals surface area contributed by atoms with E-state index in [2.05, 4.69) is 18.0 Å². The van der Waals surface area contributed by atoms with E-state index in [1.54, 1.807) is 7.11 Å². The molecule has 0 aliphatic carbocycles. The number of benzene rings is 1. The van der Waals surface area contributed by atoms with Gasteiger partial charge in [-0.25, -0.2) is 0 Å². The fourth-order valence-electron chi connectivity index (χ4n) is 2.59. The van der Waals surface area contributed by atoms with Crippen molar-refractivity contribution in [3.05, 3.63) is 29.8 Å². The van der Waals surface area contributed by atoms with Crippen LogP contribution in [0.15, 0.2) is 24.3 Å². The molecule has 4 nitrogen and oxygen atoms in total. The van der Waals surface area contributed by atoms with Crippen molar-refractivity contribution >= 4 is 0 Å². The van der Waals surface area contributed by atoms with Crippen LogP contribution >= 0.6 is 0 Å². The molecular formula is C15H24N2O2. The van der Waals surface area contributed by atoms with Crippen molar-refractivity contribution in [3.63, 3.8) is 0 Å². The standard InChI is InChI=1S/C15H24N2O2/c1-17(10-13-11-19-8-7-14(13)16)9-12-5-3-4-6-15(12)18-2/h3-6,13-14H,7-11,16H2,1-2H3. The van der Waals surface area contributed by atoms with E-state index in [0.29, 0.717) is 5.92 Å². The third-order valence-electron chi connectivity index (χ3n) is 3.71. The molecule has 4 heteroatoms. The zero-order valence-electron chi connectivity index (χ0n) is 11.8. The minimum Gasteiger partial charge on any atom is -0.496 e. The maximum absolute atomic E-state index is 6.15. The average molecular weight is 264 g/mol. The first-order valence-electron chi connectivity index (χ1n) is 6.84. The second-order valence-electron chi connectivity index (χ2n) is 5.30. The van der Waals surface area contributed by atoms with Crippen LogP contribution in [0.2, 0.25) is 0 Å². The van der Waals surface area contributed by atoms with Crippen molar-refractivity contribution in [1.29, 1.82) is 0 Å². The summed E-state index contributed by atoms with van der Waals surface area (Å²) in [6, 6.07) is 8.40. The molecule has 2 rings (SSSR count). The Hall–Kier alpha value is -1.10. The largest absolute Gasteiger partial charge is 0.496 e. The molecule has 0 saturated carbocycles. The summed E-state index contributed by atoms with van der Waals surface area (Å²) in [5.74, 6) is 1.37. The van der Waals surface area contributed by atoms with E-state index in [0.717, 1.165) is 38.5 Å². The number of methoxy groups -OCH3 is 1. The predicted molar refractivity (Wildman–Crippen MR) is 76.2 cm³/mol. The lowest BCUT2D eigenvalue weighted by Gasteiger charge is -2.32. The maximum Gasteiger partial charge on any atom is 0.123 e. The molecular weight excluding hydrogens is 240 g/mol. The van der Waals surface area contributed by atoms with Gasteiger partial charge in [0, 0.05) is 37.2 Å². The highest BCUT2D eigenvalue weighted by atomic mass is 16.5. The lowest BCUT2D eigenvalue weighted by molar-refractivity contribution is 0.0285. The minimum absolute atomic E-state index is 0.258. The second-order valence-corrected chi connectivity index (χ2v) is 5.30. The molecule has 2 N–H and O–H groups in total. The molecule has 0 radical (unpaired) electrons.